The van der Waals surface area contributed by atoms with Crippen molar-refractivity contribution in [1.29, 1.82) is 0 Å². The van der Waals surface area contributed by atoms with E-state index in [2.05, 4.69) is 10.8 Å². The van der Waals surface area contributed by atoms with E-state index >= 15 is 0 Å². The number of hydrogen-bond donors (Lipinski definition) is 1. The summed E-state index contributed by atoms with van der Waals surface area (Å²) in [6.07, 6.45) is 4.08. The zero-order valence-electron chi connectivity index (χ0n) is 4.72. The van der Waals surface area contributed by atoms with Crippen LogP contribution in [0.25, 0.3) is 0 Å². The Bertz CT molecular complexity index is 81.7. The van der Waals surface area contributed by atoms with Crippen LogP contribution >= 0.6 is 7.34 Å². The third kappa shape index (κ3) is 2.86. The maximum Gasteiger partial charge on any atom is 0.114 e. The lowest BCUT2D eigenvalue weighted by Crippen LogP contribution is -1.84. The first-order chi connectivity index (χ1) is 3.12. The van der Waals surface area contributed by atoms with Crippen molar-refractivity contribution < 1.29 is 9.42 Å². The second kappa shape index (κ2) is 2.51. The molecule has 0 aromatic heterocycles. The molecule has 7 heavy (non-hydrogen) atoms. The van der Waals surface area contributed by atoms with Crippen LogP contribution in [0.5, 0.6) is 0 Å². The van der Waals surface area contributed by atoms with Gasteiger partial charge in [0.25, 0.3) is 0 Å². The van der Waals surface area contributed by atoms with Gasteiger partial charge in [0.2, 0.25) is 0 Å². The summed E-state index contributed by atoms with van der Waals surface area (Å²) >= 11 is 0. The molecule has 0 heterocycles. The minimum atomic E-state index is -2.15. The van der Waals surface area contributed by atoms with Crippen LogP contribution in [0.1, 0.15) is 6.92 Å². The Balaban J connectivity index is 3.61. The Labute approximate surface area is 44.3 Å². The first kappa shape index (κ1) is 7.22. The van der Waals surface area contributed by atoms with E-state index in [1.54, 1.807) is 0 Å². The highest BCUT2D eigenvalue weighted by molar-refractivity contribution is 7.63. The van der Waals surface area contributed by atoms with Crippen LogP contribution in [-0.2, 0) is 4.52 Å². The molecule has 0 fully saturated rings. The van der Waals surface area contributed by atoms with Gasteiger partial charge in [-0.25, -0.2) is 0 Å². The quantitative estimate of drug-likeness (QED) is 0.552. The summed E-state index contributed by atoms with van der Waals surface area (Å²) in [5.41, 5.74) is 0. The molecule has 0 bridgehead atoms. The van der Waals surface area contributed by atoms with Crippen molar-refractivity contribution in [2.45, 2.75) is 6.92 Å². The third-order valence-corrected chi connectivity index (χ3v) is 2.50. The largest absolute Gasteiger partial charge is 0.353 e. The molecule has 0 saturated heterocycles. The lowest BCUT2D eigenvalue weighted by molar-refractivity contribution is 0.387. The summed E-state index contributed by atoms with van der Waals surface area (Å²) in [7, 11) is -0.678. The van der Waals surface area contributed by atoms with E-state index < -0.39 is 7.34 Å². The second-order valence-electron chi connectivity index (χ2n) is 1.35. The van der Waals surface area contributed by atoms with E-state index in [4.69, 9.17) is 4.89 Å². The Kier molecular flexibility index (Phi) is 2.59. The van der Waals surface area contributed by atoms with Gasteiger partial charge in [0.15, 0.2) is 0 Å². The van der Waals surface area contributed by atoms with Crippen LogP contribution in [0.3, 0.4) is 0 Å². The predicted octanol–water partition coefficient (Wildman–Crippen LogP) is 0.925. The molecule has 0 aromatic carbocycles. The minimum Gasteiger partial charge on any atom is -0.353 e. The summed E-state index contributed by atoms with van der Waals surface area (Å²) < 4.78 is 4.64. The van der Waals surface area contributed by atoms with Crippen LogP contribution in [-0.4, -0.2) is 24.5 Å². The fraction of sp³-hybridized carbons (Fsp3) is 0.750. The molecular formula is C4H11O2P. The van der Waals surface area contributed by atoms with Crippen molar-refractivity contribution in [1.82, 2.24) is 0 Å². The Morgan fingerprint density at radius 3 is 2.29 bits per heavy atom. The van der Waals surface area contributed by atoms with Gasteiger partial charge in [-0.1, -0.05) is 13.2 Å². The van der Waals surface area contributed by atoms with Gasteiger partial charge >= 0.3 is 0 Å². The average Bonchev–Trinajstić information content (AvgIpc) is 1.68. The van der Waals surface area contributed by atoms with Crippen molar-refractivity contribution in [3.8, 4) is 0 Å². The van der Waals surface area contributed by atoms with Crippen molar-refractivity contribution in [3.05, 3.63) is 0 Å². The highest BCUT2D eigenvalue weighted by atomic mass is 31.2. The highest BCUT2D eigenvalue weighted by Crippen LogP contribution is 2.38. The molecule has 1 atom stereocenters. The fourth-order valence-electron chi connectivity index (χ4n) is 0.129. The van der Waals surface area contributed by atoms with Crippen molar-refractivity contribution >= 4 is 13.6 Å². The topological polar surface area (TPSA) is 29.5 Å². The van der Waals surface area contributed by atoms with Gasteiger partial charge in [-0.15, -0.1) is 0 Å². The van der Waals surface area contributed by atoms with Gasteiger partial charge < -0.3 is 9.42 Å². The van der Waals surface area contributed by atoms with Crippen LogP contribution in [0.15, 0.2) is 0 Å². The van der Waals surface area contributed by atoms with Gasteiger partial charge in [-0.2, -0.15) is 0 Å². The van der Waals surface area contributed by atoms with E-state index in [9.17, 15) is 0 Å². The fourth-order valence-corrected chi connectivity index (χ4v) is 0.387. The van der Waals surface area contributed by atoms with Gasteiger partial charge in [0.1, 0.15) is 7.34 Å². The number of rotatable bonds is 2. The number of hydrogen-bond acceptors (Lipinski definition) is 2. The molecule has 0 saturated carbocycles. The van der Waals surface area contributed by atoms with Crippen molar-refractivity contribution in [3.63, 3.8) is 0 Å². The standard InChI is InChI=1S/C4H11O2P/c1-4-7(3,5)6-2/h5H,3-4H2,1-2H3. The van der Waals surface area contributed by atoms with Crippen LogP contribution in [0.2, 0.25) is 0 Å². The lowest BCUT2D eigenvalue weighted by atomic mass is 11.0. The first-order valence-corrected chi connectivity index (χ1v) is 4.16. The van der Waals surface area contributed by atoms with E-state index in [0.717, 1.165) is 0 Å². The molecule has 0 aliphatic rings. The zero-order chi connectivity index (χ0) is 5.91. The molecular weight excluding hydrogens is 111 g/mol. The molecule has 44 valence electrons. The maximum atomic E-state index is 8.91. The molecule has 1 N–H and O–H groups in total. The SMILES string of the molecule is C=P(O)(CC)OC. The second-order valence-corrected chi connectivity index (χ2v) is 4.04. The molecule has 0 amide bonds. The zero-order valence-corrected chi connectivity index (χ0v) is 5.61. The third-order valence-electron chi connectivity index (χ3n) is 0.834. The van der Waals surface area contributed by atoms with E-state index in [0.29, 0.717) is 6.16 Å². The molecule has 2 nitrogen and oxygen atoms in total. The van der Waals surface area contributed by atoms with E-state index in [1.807, 2.05) is 6.92 Å². The van der Waals surface area contributed by atoms with Gasteiger partial charge in [0, 0.05) is 13.3 Å². The summed E-state index contributed by atoms with van der Waals surface area (Å²) in [5, 5.41) is 0. The van der Waals surface area contributed by atoms with Gasteiger partial charge in [0.05, 0.1) is 0 Å². The molecule has 1 unspecified atom stereocenters. The molecule has 0 radical (unpaired) electrons. The van der Waals surface area contributed by atoms with Crippen LogP contribution in [0.4, 0.5) is 0 Å². The van der Waals surface area contributed by atoms with Crippen LogP contribution in [0, 0.1) is 0 Å². The summed E-state index contributed by atoms with van der Waals surface area (Å²) in [6, 6.07) is 0. The minimum absolute atomic E-state index is 0.628. The van der Waals surface area contributed by atoms with Crippen molar-refractivity contribution in [2.75, 3.05) is 13.3 Å². The first-order valence-electron chi connectivity index (χ1n) is 2.13. The van der Waals surface area contributed by atoms with E-state index in [1.165, 1.54) is 7.11 Å². The lowest BCUT2D eigenvalue weighted by Gasteiger charge is -2.10. The van der Waals surface area contributed by atoms with Crippen LogP contribution < -0.4 is 0 Å². The maximum absolute atomic E-state index is 8.91. The smallest absolute Gasteiger partial charge is 0.114 e. The van der Waals surface area contributed by atoms with Crippen molar-refractivity contribution in [2.24, 2.45) is 0 Å². The summed E-state index contributed by atoms with van der Waals surface area (Å²) in [4.78, 5) is 8.91. The Hall–Kier alpha value is 0.220. The van der Waals surface area contributed by atoms with Gasteiger partial charge in [-0.05, 0) is 0 Å². The molecule has 0 aliphatic carbocycles. The normalized spacial score (nSPS) is 18.7. The Morgan fingerprint density at radius 1 is 1.86 bits per heavy atom. The van der Waals surface area contributed by atoms with Gasteiger partial charge in [-0.3, -0.25) is 0 Å². The molecule has 0 spiro atoms. The molecule has 0 aliphatic heterocycles. The molecule has 0 aromatic rings. The molecule has 0 rings (SSSR count). The highest BCUT2D eigenvalue weighted by Gasteiger charge is 2.00. The molecule has 3 heteroatoms. The summed E-state index contributed by atoms with van der Waals surface area (Å²) in [5.74, 6) is 0. The van der Waals surface area contributed by atoms with E-state index in [-0.39, 0.29) is 0 Å². The average molecular weight is 122 g/mol. The summed E-state index contributed by atoms with van der Waals surface area (Å²) in [6.45, 7) is 1.85. The Morgan fingerprint density at radius 2 is 2.29 bits per heavy atom. The monoisotopic (exact) mass is 122 g/mol. The predicted molar refractivity (Wildman–Crippen MR) is 33.8 cm³/mol.